The highest BCUT2D eigenvalue weighted by molar-refractivity contribution is 14.1. The molecule has 1 atom stereocenters. The lowest BCUT2D eigenvalue weighted by atomic mass is 10.1. The number of hydrogen-bond donors (Lipinski definition) is 2. The lowest BCUT2D eigenvalue weighted by molar-refractivity contribution is 0.0948. The van der Waals surface area contributed by atoms with Crippen LogP contribution in [0, 0.1) is 9.49 Å². The number of nitrogens with one attached hydrogen (secondary N) is 1. The molecule has 5 heteroatoms. The van der Waals surface area contributed by atoms with Crippen LogP contribution >= 0.6 is 38.5 Å². The topological polar surface area (TPSA) is 55.1 Å². The third-order valence-corrected chi connectivity index (χ3v) is 3.96. The molecule has 3 N–H and O–H groups in total. The van der Waals surface area contributed by atoms with E-state index in [1.165, 1.54) is 0 Å². The minimum Gasteiger partial charge on any atom is -0.350 e. The Hall–Kier alpha value is -0.140. The van der Waals surface area contributed by atoms with E-state index in [0.29, 0.717) is 18.0 Å². The Kier molecular flexibility index (Phi) is 5.88. The summed E-state index contributed by atoms with van der Waals surface area (Å²) >= 11 is 5.51. The minimum atomic E-state index is -0.0770. The van der Waals surface area contributed by atoms with Crippen molar-refractivity contribution in [2.24, 2.45) is 11.7 Å². The van der Waals surface area contributed by atoms with Gasteiger partial charge in [-0.2, -0.15) is 0 Å². The lowest BCUT2D eigenvalue weighted by Gasteiger charge is -2.16. The SMILES string of the molecule is CC(C)C(N)CNC(=O)c1cc(Br)ccc1I. The summed E-state index contributed by atoms with van der Waals surface area (Å²) in [7, 11) is 0. The van der Waals surface area contributed by atoms with Crippen molar-refractivity contribution in [2.45, 2.75) is 19.9 Å². The molecule has 0 aliphatic heterocycles. The lowest BCUT2D eigenvalue weighted by Crippen LogP contribution is -2.40. The van der Waals surface area contributed by atoms with Gasteiger partial charge in [0, 0.05) is 20.6 Å². The molecule has 0 aromatic heterocycles. The first-order valence-corrected chi connectivity index (χ1v) is 7.28. The summed E-state index contributed by atoms with van der Waals surface area (Å²) in [6, 6.07) is 5.63. The number of carbonyl (C=O) groups is 1. The number of nitrogens with two attached hydrogens (primary N) is 1. The van der Waals surface area contributed by atoms with Gasteiger partial charge in [0.2, 0.25) is 0 Å². The van der Waals surface area contributed by atoms with Crippen LogP contribution in [0.2, 0.25) is 0 Å². The van der Waals surface area contributed by atoms with Crippen molar-refractivity contribution in [3.8, 4) is 0 Å². The third kappa shape index (κ3) is 4.56. The van der Waals surface area contributed by atoms with Crippen LogP contribution in [-0.4, -0.2) is 18.5 Å². The van der Waals surface area contributed by atoms with Gasteiger partial charge in [0.1, 0.15) is 0 Å². The van der Waals surface area contributed by atoms with Gasteiger partial charge in [-0.05, 0) is 46.7 Å². The van der Waals surface area contributed by atoms with Gasteiger partial charge in [0.25, 0.3) is 5.91 Å². The van der Waals surface area contributed by atoms with Crippen molar-refractivity contribution in [1.29, 1.82) is 0 Å². The number of hydrogen-bond acceptors (Lipinski definition) is 2. The average Bonchev–Trinajstić information content (AvgIpc) is 2.28. The standard InChI is InChI=1S/C12H16BrIN2O/c1-7(2)11(15)6-16-12(17)9-5-8(13)3-4-10(9)14/h3-5,7,11H,6,15H2,1-2H3,(H,16,17). The molecule has 0 aliphatic rings. The normalized spacial score (nSPS) is 12.6. The summed E-state index contributed by atoms with van der Waals surface area (Å²) in [6.45, 7) is 4.58. The van der Waals surface area contributed by atoms with Gasteiger partial charge in [-0.1, -0.05) is 29.8 Å². The zero-order valence-corrected chi connectivity index (χ0v) is 13.6. The Morgan fingerprint density at radius 2 is 2.18 bits per heavy atom. The van der Waals surface area contributed by atoms with E-state index >= 15 is 0 Å². The quantitative estimate of drug-likeness (QED) is 0.750. The molecule has 0 saturated heterocycles. The monoisotopic (exact) mass is 410 g/mol. The van der Waals surface area contributed by atoms with E-state index in [9.17, 15) is 4.79 Å². The van der Waals surface area contributed by atoms with Crippen molar-refractivity contribution in [2.75, 3.05) is 6.54 Å². The molecular formula is C12H16BrIN2O. The first kappa shape index (κ1) is 14.9. The highest BCUT2D eigenvalue weighted by atomic mass is 127. The number of carbonyl (C=O) groups excluding carboxylic acids is 1. The average molecular weight is 411 g/mol. The summed E-state index contributed by atoms with van der Waals surface area (Å²) in [4.78, 5) is 12.0. The second-order valence-corrected chi connectivity index (χ2v) is 6.32. The fourth-order valence-electron chi connectivity index (χ4n) is 1.21. The zero-order valence-electron chi connectivity index (χ0n) is 9.84. The van der Waals surface area contributed by atoms with Crippen LogP contribution in [0.4, 0.5) is 0 Å². The first-order valence-electron chi connectivity index (χ1n) is 5.40. The van der Waals surface area contributed by atoms with E-state index < -0.39 is 0 Å². The predicted octanol–water partition coefficient (Wildman–Crippen LogP) is 2.77. The molecule has 0 fully saturated rings. The highest BCUT2D eigenvalue weighted by Gasteiger charge is 2.13. The Bertz CT molecular complexity index is 409. The molecule has 0 bridgehead atoms. The number of amides is 1. The first-order chi connectivity index (χ1) is 7.91. The van der Waals surface area contributed by atoms with Crippen LogP contribution in [-0.2, 0) is 0 Å². The van der Waals surface area contributed by atoms with Crippen molar-refractivity contribution < 1.29 is 4.79 Å². The summed E-state index contributed by atoms with van der Waals surface area (Å²) in [5.74, 6) is 0.281. The Labute approximate surface area is 124 Å². The number of halogens is 2. The van der Waals surface area contributed by atoms with Crippen LogP contribution in [0.1, 0.15) is 24.2 Å². The second-order valence-electron chi connectivity index (χ2n) is 4.24. The van der Waals surface area contributed by atoms with Crippen LogP contribution in [0.3, 0.4) is 0 Å². The van der Waals surface area contributed by atoms with E-state index in [4.69, 9.17) is 5.73 Å². The van der Waals surface area contributed by atoms with E-state index in [2.05, 4.69) is 43.8 Å². The molecular weight excluding hydrogens is 395 g/mol. The molecule has 0 radical (unpaired) electrons. The summed E-state index contributed by atoms with van der Waals surface area (Å²) in [5.41, 5.74) is 6.56. The summed E-state index contributed by atoms with van der Waals surface area (Å²) in [6.07, 6.45) is 0. The summed E-state index contributed by atoms with van der Waals surface area (Å²) < 4.78 is 1.83. The maximum atomic E-state index is 12.0. The number of benzene rings is 1. The fourth-order valence-corrected chi connectivity index (χ4v) is 2.15. The Morgan fingerprint density at radius 1 is 1.53 bits per heavy atom. The molecule has 1 rings (SSSR count). The molecule has 17 heavy (non-hydrogen) atoms. The molecule has 0 saturated carbocycles. The molecule has 94 valence electrons. The number of rotatable bonds is 4. The van der Waals surface area contributed by atoms with E-state index in [1.54, 1.807) is 0 Å². The zero-order chi connectivity index (χ0) is 13.0. The molecule has 1 amide bonds. The van der Waals surface area contributed by atoms with Gasteiger partial charge < -0.3 is 11.1 Å². The largest absolute Gasteiger partial charge is 0.350 e. The van der Waals surface area contributed by atoms with E-state index in [-0.39, 0.29) is 11.9 Å². The Balaban J connectivity index is 2.67. The second kappa shape index (κ2) is 6.70. The van der Waals surface area contributed by atoms with Gasteiger partial charge >= 0.3 is 0 Å². The van der Waals surface area contributed by atoms with Crippen molar-refractivity contribution in [3.63, 3.8) is 0 Å². The molecule has 1 aromatic carbocycles. The molecule has 1 unspecified atom stereocenters. The van der Waals surface area contributed by atoms with E-state index in [0.717, 1.165) is 8.04 Å². The van der Waals surface area contributed by atoms with Crippen molar-refractivity contribution in [3.05, 3.63) is 31.8 Å². The molecule has 3 nitrogen and oxygen atoms in total. The molecule has 1 aromatic rings. The summed E-state index contributed by atoms with van der Waals surface area (Å²) in [5, 5.41) is 2.86. The van der Waals surface area contributed by atoms with Gasteiger partial charge in [0.15, 0.2) is 0 Å². The predicted molar refractivity (Wildman–Crippen MR) is 82.0 cm³/mol. The highest BCUT2D eigenvalue weighted by Crippen LogP contribution is 2.18. The third-order valence-electron chi connectivity index (χ3n) is 2.53. The van der Waals surface area contributed by atoms with Crippen molar-refractivity contribution in [1.82, 2.24) is 5.32 Å². The van der Waals surface area contributed by atoms with Crippen LogP contribution in [0.15, 0.2) is 22.7 Å². The fraction of sp³-hybridized carbons (Fsp3) is 0.417. The maximum absolute atomic E-state index is 12.0. The maximum Gasteiger partial charge on any atom is 0.252 e. The van der Waals surface area contributed by atoms with Crippen LogP contribution in [0.5, 0.6) is 0 Å². The molecule has 0 spiro atoms. The molecule has 0 heterocycles. The Morgan fingerprint density at radius 3 is 2.76 bits per heavy atom. The van der Waals surface area contributed by atoms with Crippen LogP contribution < -0.4 is 11.1 Å². The smallest absolute Gasteiger partial charge is 0.252 e. The molecule has 0 aliphatic carbocycles. The minimum absolute atomic E-state index is 0.0104. The van der Waals surface area contributed by atoms with Gasteiger partial charge in [-0.3, -0.25) is 4.79 Å². The van der Waals surface area contributed by atoms with Gasteiger partial charge in [-0.25, -0.2) is 0 Å². The van der Waals surface area contributed by atoms with Crippen LogP contribution in [0.25, 0.3) is 0 Å². The van der Waals surface area contributed by atoms with Crippen molar-refractivity contribution >= 4 is 44.4 Å². The van der Waals surface area contributed by atoms with Gasteiger partial charge in [-0.15, -0.1) is 0 Å². The van der Waals surface area contributed by atoms with Gasteiger partial charge in [0.05, 0.1) is 5.56 Å². The van der Waals surface area contributed by atoms with E-state index in [1.807, 2.05) is 32.0 Å².